The number of likely N-dealkylation sites (tertiary alicyclic amines) is 1. The van der Waals surface area contributed by atoms with Gasteiger partial charge < -0.3 is 15.3 Å². The predicted molar refractivity (Wildman–Crippen MR) is 60.1 cm³/mol. The molecule has 2 N–H and O–H groups in total. The van der Waals surface area contributed by atoms with Crippen molar-refractivity contribution in [2.24, 2.45) is 11.3 Å². The molecule has 16 heavy (non-hydrogen) atoms. The van der Waals surface area contributed by atoms with Crippen molar-refractivity contribution in [1.29, 1.82) is 0 Å². The van der Waals surface area contributed by atoms with Gasteiger partial charge in [0.15, 0.2) is 0 Å². The van der Waals surface area contributed by atoms with Crippen molar-refractivity contribution >= 4 is 12.0 Å². The summed E-state index contributed by atoms with van der Waals surface area (Å²) >= 11 is 0. The number of hydrogen-bond acceptors (Lipinski definition) is 2. The molecule has 1 aliphatic rings. The zero-order chi connectivity index (χ0) is 12.5. The van der Waals surface area contributed by atoms with Crippen LogP contribution >= 0.6 is 0 Å². The van der Waals surface area contributed by atoms with E-state index >= 15 is 0 Å². The fraction of sp³-hybridized carbons (Fsp3) is 0.818. The Morgan fingerprint density at radius 3 is 2.31 bits per heavy atom. The van der Waals surface area contributed by atoms with Crippen molar-refractivity contribution in [2.75, 3.05) is 13.6 Å². The second-order valence-corrected chi connectivity index (χ2v) is 5.30. The molecule has 2 atom stereocenters. The number of amides is 2. The summed E-state index contributed by atoms with van der Waals surface area (Å²) < 4.78 is 0. The lowest BCUT2D eigenvalue weighted by atomic mass is 9.79. The molecular formula is C11H20N2O3. The van der Waals surface area contributed by atoms with E-state index in [2.05, 4.69) is 5.32 Å². The van der Waals surface area contributed by atoms with Crippen molar-refractivity contribution in [1.82, 2.24) is 10.2 Å². The quantitative estimate of drug-likeness (QED) is 0.707. The van der Waals surface area contributed by atoms with Crippen molar-refractivity contribution in [2.45, 2.75) is 33.2 Å². The molecule has 0 aromatic heterocycles. The zero-order valence-corrected chi connectivity index (χ0v) is 10.3. The average Bonchev–Trinajstić information content (AvgIpc) is 2.59. The van der Waals surface area contributed by atoms with Crippen molar-refractivity contribution in [3.63, 3.8) is 0 Å². The highest BCUT2D eigenvalue weighted by molar-refractivity contribution is 5.81. The minimum Gasteiger partial charge on any atom is -0.465 e. The number of carbonyl (C=O) groups is 2. The van der Waals surface area contributed by atoms with E-state index in [0.29, 0.717) is 13.0 Å². The van der Waals surface area contributed by atoms with Crippen LogP contribution in [0.2, 0.25) is 0 Å². The van der Waals surface area contributed by atoms with Gasteiger partial charge in [-0.2, -0.15) is 0 Å². The van der Waals surface area contributed by atoms with Crippen LogP contribution in [0.1, 0.15) is 27.2 Å². The van der Waals surface area contributed by atoms with Crippen LogP contribution in [0.15, 0.2) is 0 Å². The van der Waals surface area contributed by atoms with Gasteiger partial charge in [0.25, 0.3) is 0 Å². The first-order valence-corrected chi connectivity index (χ1v) is 5.50. The fourth-order valence-corrected chi connectivity index (χ4v) is 2.54. The molecule has 0 aliphatic carbocycles. The lowest BCUT2D eigenvalue weighted by molar-refractivity contribution is -0.126. The smallest absolute Gasteiger partial charge is 0.407 e. The molecule has 1 aliphatic heterocycles. The zero-order valence-electron chi connectivity index (χ0n) is 10.3. The van der Waals surface area contributed by atoms with E-state index in [1.807, 2.05) is 20.8 Å². The van der Waals surface area contributed by atoms with Gasteiger partial charge in [-0.25, -0.2) is 4.79 Å². The van der Waals surface area contributed by atoms with Crippen molar-refractivity contribution in [3.05, 3.63) is 0 Å². The first-order chi connectivity index (χ1) is 7.29. The standard InChI is InChI=1S/C11H20N2O3/c1-11(2,3)8-7(9(14)12-4)5-6-13(8)10(15)16/h7-8H,5-6H2,1-4H3,(H,12,14)(H,15,16). The Balaban J connectivity index is 2.97. The van der Waals surface area contributed by atoms with Crippen LogP contribution in [0.5, 0.6) is 0 Å². The summed E-state index contributed by atoms with van der Waals surface area (Å²) in [5.41, 5.74) is -0.230. The topological polar surface area (TPSA) is 69.6 Å². The Hall–Kier alpha value is -1.26. The number of nitrogens with one attached hydrogen (secondary N) is 1. The second-order valence-electron chi connectivity index (χ2n) is 5.30. The molecule has 1 fully saturated rings. The van der Waals surface area contributed by atoms with Gasteiger partial charge in [0, 0.05) is 13.6 Å². The van der Waals surface area contributed by atoms with Gasteiger partial charge in [-0.15, -0.1) is 0 Å². The molecule has 5 heteroatoms. The molecule has 2 unspecified atom stereocenters. The normalized spacial score (nSPS) is 25.6. The van der Waals surface area contributed by atoms with E-state index in [-0.39, 0.29) is 23.3 Å². The van der Waals surface area contributed by atoms with Gasteiger partial charge in [-0.3, -0.25) is 4.79 Å². The lowest BCUT2D eigenvalue weighted by Gasteiger charge is -2.36. The Labute approximate surface area is 95.8 Å². The summed E-state index contributed by atoms with van der Waals surface area (Å²) in [4.78, 5) is 24.2. The molecule has 0 bridgehead atoms. The summed E-state index contributed by atoms with van der Waals surface area (Å²) in [6.07, 6.45) is -0.334. The Morgan fingerprint density at radius 1 is 1.38 bits per heavy atom. The number of carboxylic acid groups (broad SMARTS) is 1. The lowest BCUT2D eigenvalue weighted by Crippen LogP contribution is -2.48. The molecule has 0 radical (unpaired) electrons. The summed E-state index contributed by atoms with van der Waals surface area (Å²) in [7, 11) is 1.59. The average molecular weight is 228 g/mol. The number of rotatable bonds is 1. The highest BCUT2D eigenvalue weighted by atomic mass is 16.4. The number of carbonyl (C=O) groups excluding carboxylic acids is 1. The van der Waals surface area contributed by atoms with Crippen LogP contribution in [0.3, 0.4) is 0 Å². The Morgan fingerprint density at radius 2 is 1.94 bits per heavy atom. The molecular weight excluding hydrogens is 208 g/mol. The van der Waals surface area contributed by atoms with E-state index in [1.54, 1.807) is 7.05 Å². The summed E-state index contributed by atoms with van der Waals surface area (Å²) in [6, 6.07) is -0.245. The fourth-order valence-electron chi connectivity index (χ4n) is 2.54. The molecule has 1 saturated heterocycles. The molecule has 0 aromatic carbocycles. The van der Waals surface area contributed by atoms with E-state index in [0.717, 1.165) is 0 Å². The molecule has 0 aromatic rings. The molecule has 2 amide bonds. The van der Waals surface area contributed by atoms with Crippen LogP contribution in [0, 0.1) is 11.3 Å². The molecule has 0 saturated carbocycles. The van der Waals surface area contributed by atoms with E-state index in [9.17, 15) is 9.59 Å². The summed E-state index contributed by atoms with van der Waals surface area (Å²) in [5, 5.41) is 11.7. The van der Waals surface area contributed by atoms with E-state index < -0.39 is 6.09 Å². The van der Waals surface area contributed by atoms with E-state index in [1.165, 1.54) is 4.90 Å². The van der Waals surface area contributed by atoms with Crippen LogP contribution < -0.4 is 5.32 Å². The molecule has 92 valence electrons. The Bertz CT molecular complexity index is 296. The maximum absolute atomic E-state index is 11.7. The molecule has 0 spiro atoms. The SMILES string of the molecule is CNC(=O)C1CCN(C(=O)O)C1C(C)(C)C. The third-order valence-electron chi connectivity index (χ3n) is 3.11. The molecule has 5 nitrogen and oxygen atoms in total. The maximum atomic E-state index is 11.7. The molecule has 1 rings (SSSR count). The van der Waals surface area contributed by atoms with Gasteiger partial charge in [0.05, 0.1) is 12.0 Å². The first kappa shape index (κ1) is 12.8. The van der Waals surface area contributed by atoms with Gasteiger partial charge in [0.1, 0.15) is 0 Å². The van der Waals surface area contributed by atoms with Crippen LogP contribution in [-0.4, -0.2) is 41.6 Å². The summed E-state index contributed by atoms with van der Waals surface area (Å²) in [5.74, 6) is -0.301. The van der Waals surface area contributed by atoms with Crippen molar-refractivity contribution in [3.8, 4) is 0 Å². The van der Waals surface area contributed by atoms with Gasteiger partial charge in [0.2, 0.25) is 5.91 Å². The summed E-state index contributed by atoms with van der Waals surface area (Å²) in [6.45, 7) is 6.34. The third kappa shape index (κ3) is 2.28. The molecule has 1 heterocycles. The second kappa shape index (κ2) is 4.31. The monoisotopic (exact) mass is 228 g/mol. The number of nitrogens with zero attached hydrogens (tertiary/aromatic N) is 1. The highest BCUT2D eigenvalue weighted by Gasteiger charge is 2.46. The van der Waals surface area contributed by atoms with Gasteiger partial charge >= 0.3 is 6.09 Å². The highest BCUT2D eigenvalue weighted by Crippen LogP contribution is 2.37. The minimum atomic E-state index is -0.939. The largest absolute Gasteiger partial charge is 0.465 e. The van der Waals surface area contributed by atoms with E-state index in [4.69, 9.17) is 5.11 Å². The van der Waals surface area contributed by atoms with Crippen LogP contribution in [-0.2, 0) is 4.79 Å². The Kier molecular flexibility index (Phi) is 3.45. The van der Waals surface area contributed by atoms with Gasteiger partial charge in [-0.1, -0.05) is 20.8 Å². The maximum Gasteiger partial charge on any atom is 0.407 e. The van der Waals surface area contributed by atoms with Crippen LogP contribution in [0.4, 0.5) is 4.79 Å². The van der Waals surface area contributed by atoms with Gasteiger partial charge in [-0.05, 0) is 11.8 Å². The third-order valence-corrected chi connectivity index (χ3v) is 3.11. The van der Waals surface area contributed by atoms with Crippen LogP contribution in [0.25, 0.3) is 0 Å². The number of hydrogen-bond donors (Lipinski definition) is 2. The van der Waals surface area contributed by atoms with Crippen molar-refractivity contribution < 1.29 is 14.7 Å². The predicted octanol–water partition coefficient (Wildman–Crippen LogP) is 1.15. The minimum absolute atomic E-state index is 0.0660. The first-order valence-electron chi connectivity index (χ1n) is 5.50.